The fourth-order valence-corrected chi connectivity index (χ4v) is 7.07. The zero-order valence-corrected chi connectivity index (χ0v) is 21.6. The molecule has 1 heterocycles. The normalized spacial score (nSPS) is 21.1. The maximum absolute atomic E-state index is 14.5. The molecule has 0 bridgehead atoms. The minimum Gasteiger partial charge on any atom is -0.486 e. The Kier molecular flexibility index (Phi) is 6.79. The van der Waals surface area contributed by atoms with E-state index in [1.165, 1.54) is 4.31 Å². The van der Waals surface area contributed by atoms with Crippen molar-refractivity contribution in [3.63, 3.8) is 0 Å². The van der Waals surface area contributed by atoms with Crippen molar-refractivity contribution in [2.24, 2.45) is 11.8 Å². The molecule has 1 saturated carbocycles. The Balaban J connectivity index is 1.50. The molecule has 0 aromatic heterocycles. The van der Waals surface area contributed by atoms with Gasteiger partial charge in [-0.15, -0.1) is 0 Å². The number of benzene rings is 3. The third-order valence-electron chi connectivity index (χ3n) is 7.21. The molecule has 5 rings (SSSR count). The van der Waals surface area contributed by atoms with E-state index in [9.17, 15) is 22.0 Å². The van der Waals surface area contributed by atoms with Crippen LogP contribution in [0.5, 0.6) is 5.75 Å². The van der Waals surface area contributed by atoms with Crippen molar-refractivity contribution in [2.75, 3.05) is 10.8 Å². The predicted molar refractivity (Wildman–Crippen MR) is 138 cm³/mol. The minimum absolute atomic E-state index is 0.0452. The van der Waals surface area contributed by atoms with Gasteiger partial charge in [0.25, 0.3) is 10.0 Å². The first-order chi connectivity index (χ1) is 17.6. The van der Waals surface area contributed by atoms with Crippen LogP contribution in [0.15, 0.2) is 65.6 Å². The zero-order valence-electron chi connectivity index (χ0n) is 20.8. The number of ether oxygens (including phenoxy) is 1. The number of carbonyl (C=O) groups is 1. The van der Waals surface area contributed by atoms with Crippen LogP contribution in [-0.2, 0) is 14.8 Å². The highest BCUT2D eigenvalue weighted by Gasteiger charge is 2.38. The predicted octanol–water partition coefficient (Wildman–Crippen LogP) is 6.29. The maximum Gasteiger partial charge on any atom is 0.264 e. The number of Topliss-reactive ketones (excluding diaryl/α,β-unsaturated/α-hetero) is 1. The minimum atomic E-state index is -3.96. The lowest BCUT2D eigenvalue weighted by atomic mass is 9.70. The first kappa shape index (κ1) is 25.4. The number of fused-ring (bicyclic) bond motifs is 1. The lowest BCUT2D eigenvalue weighted by Crippen LogP contribution is -2.45. The Hall–Kier alpha value is -3.26. The summed E-state index contributed by atoms with van der Waals surface area (Å²) < 4.78 is 63.7. The van der Waals surface area contributed by atoms with E-state index in [2.05, 4.69) is 0 Å². The molecule has 3 aromatic rings. The standard InChI is InChI=1S/C29H29F2NO4S/c1-18-4-3-5-25(10-18)37(34,35)32-17-24(14-21-12-20(13-21)11-19(2)33)36-29-9-6-22(15-28(29)32)26-16-23(30)7-8-27(26)31/h3-10,15-16,20-21,24H,11-14,17H2,1-2H3/t20?,21?,24-/m0/s1. The maximum atomic E-state index is 14.5. The third kappa shape index (κ3) is 5.25. The number of nitrogens with zero attached hydrogens (tertiary/aromatic N) is 1. The van der Waals surface area contributed by atoms with E-state index in [-0.39, 0.29) is 28.9 Å². The summed E-state index contributed by atoms with van der Waals surface area (Å²) in [5, 5.41) is 0. The van der Waals surface area contributed by atoms with Crippen LogP contribution in [0.2, 0.25) is 0 Å². The molecule has 37 heavy (non-hydrogen) atoms. The SMILES string of the molecule is CC(=O)CC1CC(C[C@H]2CN(S(=O)(=O)c3cccc(C)c3)c3cc(-c4cc(F)ccc4F)ccc3O2)C1. The molecule has 3 aromatic carbocycles. The number of carbonyl (C=O) groups excluding carboxylic acids is 1. The fourth-order valence-electron chi connectivity index (χ4n) is 5.46. The van der Waals surface area contributed by atoms with Crippen molar-refractivity contribution in [3.8, 4) is 16.9 Å². The molecular weight excluding hydrogens is 496 g/mol. The summed E-state index contributed by atoms with van der Waals surface area (Å²) in [6.07, 6.45) is 2.74. The van der Waals surface area contributed by atoms with Crippen molar-refractivity contribution in [3.05, 3.63) is 77.9 Å². The lowest BCUT2D eigenvalue weighted by molar-refractivity contribution is -0.118. The van der Waals surface area contributed by atoms with Gasteiger partial charge in [-0.05, 0) is 98.5 Å². The van der Waals surface area contributed by atoms with E-state index in [1.54, 1.807) is 43.3 Å². The van der Waals surface area contributed by atoms with Gasteiger partial charge in [-0.3, -0.25) is 4.31 Å². The molecule has 0 unspecified atom stereocenters. The monoisotopic (exact) mass is 525 g/mol. The van der Waals surface area contributed by atoms with Crippen LogP contribution >= 0.6 is 0 Å². The molecule has 5 nitrogen and oxygen atoms in total. The van der Waals surface area contributed by atoms with Crippen LogP contribution in [0.4, 0.5) is 14.5 Å². The summed E-state index contributed by atoms with van der Waals surface area (Å²) in [6, 6.07) is 14.7. The molecule has 2 aliphatic rings. The highest BCUT2D eigenvalue weighted by molar-refractivity contribution is 7.92. The van der Waals surface area contributed by atoms with E-state index >= 15 is 0 Å². The molecule has 8 heteroatoms. The zero-order chi connectivity index (χ0) is 26.3. The van der Waals surface area contributed by atoms with Gasteiger partial charge < -0.3 is 9.53 Å². The number of hydrogen-bond acceptors (Lipinski definition) is 4. The summed E-state index contributed by atoms with van der Waals surface area (Å²) in [5.74, 6) is 0.126. The first-order valence-electron chi connectivity index (χ1n) is 12.4. The largest absolute Gasteiger partial charge is 0.486 e. The quantitative estimate of drug-likeness (QED) is 0.364. The Labute approximate surface area is 216 Å². The molecule has 0 N–H and O–H groups in total. The van der Waals surface area contributed by atoms with Gasteiger partial charge in [0.1, 0.15) is 29.3 Å². The smallest absolute Gasteiger partial charge is 0.264 e. The van der Waals surface area contributed by atoms with Crippen molar-refractivity contribution >= 4 is 21.5 Å². The second kappa shape index (κ2) is 9.89. The third-order valence-corrected chi connectivity index (χ3v) is 8.99. The Bertz CT molecular complexity index is 1450. The Morgan fingerprint density at radius 1 is 1.03 bits per heavy atom. The van der Waals surface area contributed by atoms with Crippen molar-refractivity contribution < 1.29 is 26.7 Å². The summed E-state index contributed by atoms with van der Waals surface area (Å²) in [6.45, 7) is 3.53. The van der Waals surface area contributed by atoms with E-state index in [0.717, 1.165) is 36.6 Å². The van der Waals surface area contributed by atoms with E-state index in [4.69, 9.17) is 4.74 Å². The molecule has 1 fully saturated rings. The number of hydrogen-bond donors (Lipinski definition) is 0. The van der Waals surface area contributed by atoms with E-state index in [0.29, 0.717) is 41.7 Å². The van der Waals surface area contributed by atoms with Crippen LogP contribution in [-0.4, -0.2) is 26.8 Å². The van der Waals surface area contributed by atoms with Gasteiger partial charge in [-0.25, -0.2) is 17.2 Å². The van der Waals surface area contributed by atoms with Gasteiger partial charge in [0.2, 0.25) is 0 Å². The fraction of sp³-hybridized carbons (Fsp3) is 0.345. The van der Waals surface area contributed by atoms with Crippen molar-refractivity contribution in [1.29, 1.82) is 0 Å². The highest BCUT2D eigenvalue weighted by Crippen LogP contribution is 2.44. The second-order valence-corrected chi connectivity index (χ2v) is 12.1. The molecule has 0 radical (unpaired) electrons. The molecule has 1 atom stereocenters. The molecule has 1 aliphatic carbocycles. The number of ketones is 1. The lowest BCUT2D eigenvalue weighted by Gasteiger charge is -2.41. The summed E-state index contributed by atoms with van der Waals surface area (Å²) >= 11 is 0. The number of rotatable bonds is 7. The second-order valence-electron chi connectivity index (χ2n) is 10.2. The van der Waals surface area contributed by atoms with Crippen LogP contribution in [0.25, 0.3) is 11.1 Å². The first-order valence-corrected chi connectivity index (χ1v) is 13.9. The summed E-state index contributed by atoms with van der Waals surface area (Å²) in [7, 11) is -3.96. The molecule has 0 saturated heterocycles. The Morgan fingerprint density at radius 2 is 1.81 bits per heavy atom. The molecule has 194 valence electrons. The Morgan fingerprint density at radius 3 is 2.54 bits per heavy atom. The van der Waals surface area contributed by atoms with Crippen LogP contribution < -0.4 is 9.04 Å². The van der Waals surface area contributed by atoms with E-state index in [1.807, 2.05) is 13.0 Å². The molecular formula is C29H29F2NO4S. The van der Waals surface area contributed by atoms with Crippen LogP contribution in [0.1, 0.15) is 38.2 Å². The van der Waals surface area contributed by atoms with Gasteiger partial charge in [0.15, 0.2) is 0 Å². The van der Waals surface area contributed by atoms with Crippen LogP contribution in [0.3, 0.4) is 0 Å². The number of aryl methyl sites for hydroxylation is 1. The summed E-state index contributed by atoms with van der Waals surface area (Å²) in [4.78, 5) is 11.6. The van der Waals surface area contributed by atoms with Gasteiger partial charge in [-0.2, -0.15) is 0 Å². The number of halogens is 2. The average molecular weight is 526 g/mol. The molecule has 0 spiro atoms. The van der Waals surface area contributed by atoms with Gasteiger partial charge in [0.05, 0.1) is 17.1 Å². The van der Waals surface area contributed by atoms with Gasteiger partial charge >= 0.3 is 0 Å². The van der Waals surface area contributed by atoms with Crippen LogP contribution in [0, 0.1) is 30.4 Å². The van der Waals surface area contributed by atoms with E-state index < -0.39 is 21.7 Å². The van der Waals surface area contributed by atoms with Crippen molar-refractivity contribution in [1.82, 2.24) is 0 Å². The number of anilines is 1. The summed E-state index contributed by atoms with van der Waals surface area (Å²) in [5.41, 5.74) is 1.51. The molecule has 0 amide bonds. The number of sulfonamides is 1. The average Bonchev–Trinajstić information content (AvgIpc) is 2.83. The highest BCUT2D eigenvalue weighted by atomic mass is 32.2. The van der Waals surface area contributed by atoms with Gasteiger partial charge in [-0.1, -0.05) is 18.2 Å². The van der Waals surface area contributed by atoms with Crippen molar-refractivity contribution in [2.45, 2.75) is 50.5 Å². The molecule has 1 aliphatic heterocycles. The van der Waals surface area contributed by atoms with Gasteiger partial charge in [0, 0.05) is 12.0 Å². The topological polar surface area (TPSA) is 63.7 Å².